The van der Waals surface area contributed by atoms with Gasteiger partial charge >= 0.3 is 0 Å². The summed E-state index contributed by atoms with van der Waals surface area (Å²) in [7, 11) is 5.06. The molecule has 1 N–H and O–H groups in total. The lowest BCUT2D eigenvalue weighted by Crippen LogP contribution is -2.25. The lowest BCUT2D eigenvalue weighted by molar-refractivity contribution is 0.352. The highest BCUT2D eigenvalue weighted by Crippen LogP contribution is 2.27. The summed E-state index contributed by atoms with van der Waals surface area (Å²) < 4.78 is 12.3. The second-order valence-corrected chi connectivity index (χ2v) is 4.66. The summed E-state index contributed by atoms with van der Waals surface area (Å²) >= 11 is 0. The second kappa shape index (κ2) is 7.03. The van der Waals surface area contributed by atoms with Crippen LogP contribution in [0.1, 0.15) is 30.8 Å². The fourth-order valence-corrected chi connectivity index (χ4v) is 2.02. The third-order valence-electron chi connectivity index (χ3n) is 3.04. The molecule has 2 heterocycles. The molecule has 0 aliphatic carbocycles. The average molecular weight is 291 g/mol. The fraction of sp³-hybridized carbons (Fsp3) is 0.500. The zero-order chi connectivity index (χ0) is 15.2. The minimum absolute atomic E-state index is 0.167. The van der Waals surface area contributed by atoms with Gasteiger partial charge in [-0.2, -0.15) is 4.98 Å². The maximum absolute atomic E-state index is 5.35. The highest BCUT2D eigenvalue weighted by Gasteiger charge is 2.23. The van der Waals surface area contributed by atoms with Crippen LogP contribution >= 0.6 is 0 Å². The molecule has 0 spiro atoms. The highest BCUT2D eigenvalue weighted by molar-refractivity contribution is 5.31. The molecule has 0 radical (unpaired) electrons. The molecule has 7 nitrogen and oxygen atoms in total. The highest BCUT2D eigenvalue weighted by atomic mass is 16.5. The Hall–Kier alpha value is -2.15. The molecule has 1 unspecified atom stereocenters. The van der Waals surface area contributed by atoms with Crippen LogP contribution in [0.4, 0.5) is 0 Å². The quantitative estimate of drug-likeness (QED) is 0.829. The number of aryl methyl sites for hydroxylation is 1. The van der Waals surface area contributed by atoms with Crippen LogP contribution in [-0.4, -0.2) is 40.3 Å². The molecule has 21 heavy (non-hydrogen) atoms. The minimum atomic E-state index is -0.167. The smallest absolute Gasteiger partial charge is 0.240 e. The van der Waals surface area contributed by atoms with Gasteiger partial charge < -0.3 is 19.4 Å². The van der Waals surface area contributed by atoms with Crippen LogP contribution in [0.25, 0.3) is 0 Å². The van der Waals surface area contributed by atoms with Gasteiger partial charge in [-0.3, -0.25) is 0 Å². The van der Waals surface area contributed by atoms with Gasteiger partial charge in [0.25, 0.3) is 0 Å². The van der Waals surface area contributed by atoms with E-state index < -0.39 is 0 Å². The largest absolute Gasteiger partial charge is 0.480 e. The molecular weight excluding hydrogens is 270 g/mol. The number of rotatable bonds is 7. The summed E-state index contributed by atoms with van der Waals surface area (Å²) in [5, 5.41) is 3.43. The zero-order valence-electron chi connectivity index (χ0n) is 12.8. The van der Waals surface area contributed by atoms with Crippen molar-refractivity contribution in [2.75, 3.05) is 20.8 Å². The minimum Gasteiger partial charge on any atom is -0.480 e. The van der Waals surface area contributed by atoms with Crippen LogP contribution in [0.3, 0.4) is 0 Å². The molecule has 1 atom stereocenters. The van der Waals surface area contributed by atoms with Gasteiger partial charge in [0.05, 0.1) is 38.5 Å². The van der Waals surface area contributed by atoms with Crippen LogP contribution < -0.4 is 14.8 Å². The first kappa shape index (κ1) is 15.2. The predicted molar refractivity (Wildman–Crippen MR) is 78.5 cm³/mol. The van der Waals surface area contributed by atoms with Crippen molar-refractivity contribution in [3.8, 4) is 11.8 Å². The summed E-state index contributed by atoms with van der Waals surface area (Å²) in [6.45, 7) is 2.96. The lowest BCUT2D eigenvalue weighted by atomic mass is 10.1. The van der Waals surface area contributed by atoms with Gasteiger partial charge in [-0.1, -0.05) is 6.92 Å². The van der Waals surface area contributed by atoms with Crippen molar-refractivity contribution in [3.63, 3.8) is 0 Å². The molecule has 2 rings (SSSR count). The Morgan fingerprint density at radius 3 is 2.67 bits per heavy atom. The zero-order valence-corrected chi connectivity index (χ0v) is 12.8. The van der Waals surface area contributed by atoms with E-state index in [1.54, 1.807) is 26.7 Å². The first-order valence-electron chi connectivity index (χ1n) is 6.85. The van der Waals surface area contributed by atoms with E-state index in [2.05, 4.69) is 27.2 Å². The van der Waals surface area contributed by atoms with Gasteiger partial charge in [-0.25, -0.2) is 9.97 Å². The summed E-state index contributed by atoms with van der Waals surface area (Å²) in [5.74, 6) is 0.861. The number of aromatic nitrogens is 4. The van der Waals surface area contributed by atoms with Gasteiger partial charge in [0, 0.05) is 13.2 Å². The number of methoxy groups -OCH3 is 2. The first-order valence-corrected chi connectivity index (χ1v) is 6.85. The topological polar surface area (TPSA) is 74.1 Å². The maximum atomic E-state index is 5.35. The van der Waals surface area contributed by atoms with Crippen molar-refractivity contribution in [3.05, 3.63) is 30.1 Å². The van der Waals surface area contributed by atoms with Gasteiger partial charge in [-0.15, -0.1) is 0 Å². The monoisotopic (exact) mass is 291 g/mol. The third kappa shape index (κ3) is 3.49. The fourth-order valence-electron chi connectivity index (χ4n) is 2.02. The predicted octanol–water partition coefficient (Wildman–Crippen LogP) is 1.32. The Morgan fingerprint density at radius 2 is 2.10 bits per heavy atom. The van der Waals surface area contributed by atoms with E-state index in [1.807, 2.05) is 17.8 Å². The summed E-state index contributed by atoms with van der Waals surface area (Å²) in [5.41, 5.74) is 1.58. The Balaban J connectivity index is 2.40. The number of nitrogens with zero attached hydrogens (tertiary/aromatic N) is 4. The molecule has 2 aromatic heterocycles. The van der Waals surface area contributed by atoms with E-state index in [0.717, 1.165) is 18.7 Å². The van der Waals surface area contributed by atoms with E-state index in [1.165, 1.54) is 0 Å². The van der Waals surface area contributed by atoms with E-state index in [-0.39, 0.29) is 6.04 Å². The number of imidazole rings is 1. The molecule has 0 fully saturated rings. The second-order valence-electron chi connectivity index (χ2n) is 4.66. The molecular formula is C14H21N5O2. The van der Waals surface area contributed by atoms with Gasteiger partial charge in [0.2, 0.25) is 11.8 Å². The van der Waals surface area contributed by atoms with E-state index in [0.29, 0.717) is 17.5 Å². The van der Waals surface area contributed by atoms with Crippen LogP contribution in [-0.2, 0) is 7.05 Å². The molecule has 2 aromatic rings. The Morgan fingerprint density at radius 1 is 1.29 bits per heavy atom. The van der Waals surface area contributed by atoms with Crippen LogP contribution in [0.2, 0.25) is 0 Å². The molecule has 7 heteroatoms. The standard InChI is InChI=1S/C14H21N5O2/c1-5-6-15-12(10-8-19(2)9-17-10)13-14(21-4)18-11(20-3)7-16-13/h7-9,12,15H,5-6H2,1-4H3. The lowest BCUT2D eigenvalue weighted by Gasteiger charge is -2.18. The molecule has 0 amide bonds. The number of nitrogens with one attached hydrogen (secondary N) is 1. The Bertz CT molecular complexity index is 584. The molecule has 0 saturated heterocycles. The Kier molecular flexibility index (Phi) is 5.10. The van der Waals surface area contributed by atoms with Crippen molar-refractivity contribution in [2.45, 2.75) is 19.4 Å². The molecule has 0 aliphatic rings. The van der Waals surface area contributed by atoms with Gasteiger partial charge in [0.1, 0.15) is 5.69 Å². The number of hydrogen-bond acceptors (Lipinski definition) is 6. The average Bonchev–Trinajstić information content (AvgIpc) is 2.94. The van der Waals surface area contributed by atoms with Crippen molar-refractivity contribution in [1.29, 1.82) is 0 Å². The van der Waals surface area contributed by atoms with Gasteiger partial charge in [0.15, 0.2) is 0 Å². The van der Waals surface area contributed by atoms with Crippen LogP contribution in [0, 0.1) is 0 Å². The van der Waals surface area contributed by atoms with Crippen molar-refractivity contribution < 1.29 is 9.47 Å². The first-order chi connectivity index (χ1) is 10.2. The third-order valence-corrected chi connectivity index (χ3v) is 3.04. The van der Waals surface area contributed by atoms with E-state index in [9.17, 15) is 0 Å². The van der Waals surface area contributed by atoms with E-state index in [4.69, 9.17) is 9.47 Å². The number of hydrogen-bond donors (Lipinski definition) is 1. The van der Waals surface area contributed by atoms with Crippen LogP contribution in [0.15, 0.2) is 18.7 Å². The van der Waals surface area contributed by atoms with Crippen molar-refractivity contribution >= 4 is 0 Å². The van der Waals surface area contributed by atoms with E-state index >= 15 is 0 Å². The summed E-state index contributed by atoms with van der Waals surface area (Å²) in [4.78, 5) is 13.1. The normalized spacial score (nSPS) is 12.2. The molecule has 114 valence electrons. The summed E-state index contributed by atoms with van der Waals surface area (Å²) in [6, 6.07) is -0.167. The SMILES string of the molecule is CCCNC(c1cn(C)cn1)c1ncc(OC)nc1OC. The molecule has 0 saturated carbocycles. The van der Waals surface area contributed by atoms with Crippen molar-refractivity contribution in [1.82, 2.24) is 24.8 Å². The summed E-state index contributed by atoms with van der Waals surface area (Å²) in [6.07, 6.45) is 6.31. The number of ether oxygens (including phenoxy) is 2. The molecule has 0 aromatic carbocycles. The van der Waals surface area contributed by atoms with Crippen LogP contribution in [0.5, 0.6) is 11.8 Å². The van der Waals surface area contributed by atoms with Crippen molar-refractivity contribution in [2.24, 2.45) is 7.05 Å². The Labute approximate surface area is 124 Å². The molecule has 0 aliphatic heterocycles. The van der Waals surface area contributed by atoms with Gasteiger partial charge in [-0.05, 0) is 13.0 Å². The molecule has 0 bridgehead atoms. The maximum Gasteiger partial charge on any atom is 0.240 e.